The van der Waals surface area contributed by atoms with Crippen LogP contribution in [0.25, 0.3) is 0 Å². The van der Waals surface area contributed by atoms with Gasteiger partial charge in [0.25, 0.3) is 0 Å². The quantitative estimate of drug-likeness (QED) is 0.172. The van der Waals surface area contributed by atoms with E-state index in [-0.39, 0.29) is 23.6 Å². The van der Waals surface area contributed by atoms with Crippen LogP contribution in [0.1, 0.15) is 137 Å². The van der Waals surface area contributed by atoms with E-state index in [2.05, 4.69) is 13.8 Å². The highest BCUT2D eigenvalue weighted by Crippen LogP contribution is 2.15. The highest BCUT2D eigenvalue weighted by molar-refractivity contribution is 5.70. The Morgan fingerprint density at radius 3 is 1.66 bits per heavy atom. The summed E-state index contributed by atoms with van der Waals surface area (Å²) in [5, 5.41) is 0. The maximum atomic E-state index is 12.0. The Morgan fingerprint density at radius 2 is 1.17 bits per heavy atom. The number of ether oxygens (including phenoxy) is 2. The lowest BCUT2D eigenvalue weighted by Crippen LogP contribution is -2.23. The van der Waals surface area contributed by atoms with Crippen molar-refractivity contribution in [3.63, 3.8) is 0 Å². The normalized spacial score (nSPS) is 12.6. The van der Waals surface area contributed by atoms with Crippen LogP contribution in [0.3, 0.4) is 0 Å². The summed E-state index contributed by atoms with van der Waals surface area (Å²) in [5.41, 5.74) is -0.379. The zero-order chi connectivity index (χ0) is 22.0. The summed E-state index contributed by atoms with van der Waals surface area (Å²) in [5.74, 6) is -0.106. The Morgan fingerprint density at radius 1 is 0.690 bits per heavy atom. The number of rotatable bonds is 18. The van der Waals surface area contributed by atoms with Crippen molar-refractivity contribution in [1.82, 2.24) is 0 Å². The van der Waals surface area contributed by atoms with E-state index in [1.165, 1.54) is 44.9 Å². The lowest BCUT2D eigenvalue weighted by molar-refractivity contribution is -0.155. The molecule has 0 spiro atoms. The first kappa shape index (κ1) is 27.9. The minimum absolute atomic E-state index is 0.0190. The molecule has 4 heteroatoms. The number of carbonyl (C=O) groups is 2. The van der Waals surface area contributed by atoms with Crippen molar-refractivity contribution in [2.24, 2.45) is 0 Å². The smallest absolute Gasteiger partial charge is 0.306 e. The van der Waals surface area contributed by atoms with Crippen LogP contribution in [0.2, 0.25) is 0 Å². The van der Waals surface area contributed by atoms with E-state index < -0.39 is 0 Å². The van der Waals surface area contributed by atoms with Gasteiger partial charge >= 0.3 is 11.9 Å². The van der Waals surface area contributed by atoms with E-state index in [1.54, 1.807) is 0 Å². The summed E-state index contributed by atoms with van der Waals surface area (Å²) in [6.45, 7) is 10.0. The Bertz CT molecular complexity index is 412. The van der Waals surface area contributed by atoms with Crippen LogP contribution >= 0.6 is 0 Å². The number of unbranched alkanes of at least 4 members (excludes halogenated alkanes) is 10. The van der Waals surface area contributed by atoms with Crippen molar-refractivity contribution in [3.8, 4) is 0 Å². The molecule has 0 aliphatic rings. The third-order valence-electron chi connectivity index (χ3n) is 5.06. The first-order chi connectivity index (χ1) is 13.8. The zero-order valence-corrected chi connectivity index (χ0v) is 20.0. The second-order valence-corrected chi connectivity index (χ2v) is 9.28. The van der Waals surface area contributed by atoms with Crippen LogP contribution in [0.4, 0.5) is 0 Å². The van der Waals surface area contributed by atoms with Gasteiger partial charge in [-0.15, -0.1) is 0 Å². The maximum absolute atomic E-state index is 12.0. The van der Waals surface area contributed by atoms with E-state index in [0.717, 1.165) is 44.9 Å². The van der Waals surface area contributed by atoms with Crippen molar-refractivity contribution in [2.45, 2.75) is 149 Å². The molecule has 0 saturated heterocycles. The fourth-order valence-electron chi connectivity index (χ4n) is 3.38. The third-order valence-corrected chi connectivity index (χ3v) is 5.06. The first-order valence-corrected chi connectivity index (χ1v) is 12.2. The van der Waals surface area contributed by atoms with E-state index >= 15 is 0 Å². The molecule has 29 heavy (non-hydrogen) atoms. The Hall–Kier alpha value is -1.06. The van der Waals surface area contributed by atoms with E-state index in [0.29, 0.717) is 12.8 Å². The Balaban J connectivity index is 3.51. The Labute approximate surface area is 180 Å². The minimum atomic E-state index is -0.379. The molecule has 0 N–H and O–H groups in total. The monoisotopic (exact) mass is 412 g/mol. The standard InChI is InChI=1S/C25H48O4/c1-6-8-9-16-19-22(7-2)28-23(26)20-17-14-12-10-11-13-15-18-21-24(27)29-25(3,4)5/h22H,6-21H2,1-5H3. The molecule has 4 nitrogen and oxygen atoms in total. The van der Waals surface area contributed by atoms with Gasteiger partial charge < -0.3 is 9.47 Å². The van der Waals surface area contributed by atoms with E-state index in [4.69, 9.17) is 9.47 Å². The molecule has 0 amide bonds. The second kappa shape index (κ2) is 17.8. The molecule has 0 fully saturated rings. The molecule has 0 aromatic rings. The fraction of sp³-hybridized carbons (Fsp3) is 0.920. The predicted molar refractivity (Wildman–Crippen MR) is 121 cm³/mol. The molecule has 0 saturated carbocycles. The molecule has 0 aromatic heterocycles. The highest BCUT2D eigenvalue weighted by atomic mass is 16.6. The first-order valence-electron chi connectivity index (χ1n) is 12.2. The lowest BCUT2D eigenvalue weighted by atomic mass is 10.1. The highest BCUT2D eigenvalue weighted by Gasteiger charge is 2.15. The second-order valence-electron chi connectivity index (χ2n) is 9.28. The molecule has 172 valence electrons. The summed E-state index contributed by atoms with van der Waals surface area (Å²) in [4.78, 5) is 23.6. The summed E-state index contributed by atoms with van der Waals surface area (Å²) in [6.07, 6.45) is 16.8. The lowest BCUT2D eigenvalue weighted by Gasteiger charge is -2.19. The van der Waals surface area contributed by atoms with Crippen molar-refractivity contribution >= 4 is 11.9 Å². The van der Waals surface area contributed by atoms with Crippen molar-refractivity contribution in [2.75, 3.05) is 0 Å². The molecule has 1 unspecified atom stereocenters. The van der Waals surface area contributed by atoms with E-state index in [9.17, 15) is 9.59 Å². The molecule has 1 atom stereocenters. The van der Waals surface area contributed by atoms with Gasteiger partial charge in [0.05, 0.1) is 0 Å². The largest absolute Gasteiger partial charge is 0.462 e. The molecular formula is C25H48O4. The van der Waals surface area contributed by atoms with Gasteiger partial charge in [0.2, 0.25) is 0 Å². The van der Waals surface area contributed by atoms with Gasteiger partial charge in [-0.05, 0) is 52.9 Å². The fourth-order valence-corrected chi connectivity index (χ4v) is 3.38. The summed E-state index contributed by atoms with van der Waals surface area (Å²) >= 11 is 0. The topological polar surface area (TPSA) is 52.6 Å². The minimum Gasteiger partial charge on any atom is -0.462 e. The van der Waals surface area contributed by atoms with Crippen LogP contribution in [0.15, 0.2) is 0 Å². The van der Waals surface area contributed by atoms with Crippen molar-refractivity contribution < 1.29 is 19.1 Å². The average Bonchev–Trinajstić information content (AvgIpc) is 2.64. The summed E-state index contributed by atoms with van der Waals surface area (Å²) in [7, 11) is 0. The number of carbonyl (C=O) groups excluding carboxylic acids is 2. The maximum Gasteiger partial charge on any atom is 0.306 e. The van der Waals surface area contributed by atoms with Crippen molar-refractivity contribution in [3.05, 3.63) is 0 Å². The van der Waals surface area contributed by atoms with Gasteiger partial charge in [0, 0.05) is 12.8 Å². The van der Waals surface area contributed by atoms with Crippen LogP contribution in [0.5, 0.6) is 0 Å². The number of hydrogen-bond donors (Lipinski definition) is 0. The van der Waals surface area contributed by atoms with Gasteiger partial charge in [-0.1, -0.05) is 71.6 Å². The van der Waals surface area contributed by atoms with Crippen LogP contribution in [0, 0.1) is 0 Å². The molecule has 0 rings (SSSR count). The van der Waals surface area contributed by atoms with E-state index in [1.807, 2.05) is 20.8 Å². The molecule has 0 aliphatic heterocycles. The zero-order valence-electron chi connectivity index (χ0n) is 20.0. The average molecular weight is 413 g/mol. The van der Waals surface area contributed by atoms with Gasteiger partial charge in [-0.3, -0.25) is 9.59 Å². The van der Waals surface area contributed by atoms with Crippen LogP contribution < -0.4 is 0 Å². The molecule has 0 heterocycles. The molecular weight excluding hydrogens is 364 g/mol. The van der Waals surface area contributed by atoms with Gasteiger partial charge in [-0.25, -0.2) is 0 Å². The molecule has 0 aliphatic carbocycles. The number of hydrogen-bond acceptors (Lipinski definition) is 4. The van der Waals surface area contributed by atoms with Gasteiger partial charge in [0.1, 0.15) is 11.7 Å². The van der Waals surface area contributed by atoms with Crippen molar-refractivity contribution in [1.29, 1.82) is 0 Å². The molecule has 0 radical (unpaired) electrons. The summed E-state index contributed by atoms with van der Waals surface area (Å²) < 4.78 is 10.9. The third kappa shape index (κ3) is 20.0. The predicted octanol–water partition coefficient (Wildman–Crippen LogP) is 7.52. The molecule has 0 bridgehead atoms. The van der Waals surface area contributed by atoms with Gasteiger partial charge in [0.15, 0.2) is 0 Å². The Kier molecular flexibility index (Phi) is 17.1. The SMILES string of the molecule is CCCCCCC(CC)OC(=O)CCCCCCCCCCC(=O)OC(C)(C)C. The van der Waals surface area contributed by atoms with Gasteiger partial charge in [-0.2, -0.15) is 0 Å². The van der Waals surface area contributed by atoms with Crippen LogP contribution in [-0.4, -0.2) is 23.6 Å². The van der Waals surface area contributed by atoms with Crippen LogP contribution in [-0.2, 0) is 19.1 Å². The summed E-state index contributed by atoms with van der Waals surface area (Å²) in [6, 6.07) is 0. The molecule has 0 aromatic carbocycles. The number of esters is 2.